The number of aromatic nitrogens is 1. The molecule has 3 unspecified atom stereocenters. The molecule has 1 aromatic heterocycles. The maximum Gasteiger partial charge on any atom is 0.305 e. The minimum atomic E-state index is -0.779. The zero-order valence-electron chi connectivity index (χ0n) is 20.1. The van der Waals surface area contributed by atoms with E-state index in [1.165, 1.54) is 43.1 Å². The summed E-state index contributed by atoms with van der Waals surface area (Å²) in [4.78, 5) is 54.4. The Morgan fingerprint density at radius 1 is 1.08 bits per heavy atom. The molecule has 0 bridgehead atoms. The third kappa shape index (κ3) is 4.40. The summed E-state index contributed by atoms with van der Waals surface area (Å²) in [7, 11) is 1.53. The molecule has 2 amide bonds. The number of amides is 2. The van der Waals surface area contributed by atoms with Crippen LogP contribution in [0.15, 0.2) is 52.3 Å². The van der Waals surface area contributed by atoms with Crippen LogP contribution < -0.4 is 19.2 Å². The van der Waals surface area contributed by atoms with Crippen molar-refractivity contribution in [2.45, 2.75) is 30.0 Å². The van der Waals surface area contributed by atoms with Gasteiger partial charge in [0.05, 0.1) is 35.3 Å². The van der Waals surface area contributed by atoms with Crippen LogP contribution in [0.5, 0.6) is 11.5 Å². The van der Waals surface area contributed by atoms with Gasteiger partial charge in [0.1, 0.15) is 5.25 Å². The number of rotatable bonds is 7. The number of non-ortho nitro benzene ring substituents is 1. The first kappa shape index (κ1) is 25.0. The predicted molar refractivity (Wildman–Crippen MR) is 139 cm³/mol. The maximum atomic E-state index is 13.8. The van der Waals surface area contributed by atoms with Crippen LogP contribution in [0.2, 0.25) is 0 Å². The highest BCUT2D eigenvalue weighted by Crippen LogP contribution is 2.53. The van der Waals surface area contributed by atoms with Gasteiger partial charge in [-0.05, 0) is 35.7 Å². The smallest absolute Gasteiger partial charge is 0.305 e. The number of nitrogens with zero attached hydrogens (tertiary/aromatic N) is 2. The lowest BCUT2D eigenvalue weighted by Gasteiger charge is -2.30. The fourth-order valence-electron chi connectivity index (χ4n) is 4.61. The molecule has 192 valence electrons. The SMILES string of the molecule is COc1cc(C2c3sc(=O)[nH]c3SC3C(=O)N(c4ccc([N+](=O)[O-])cc4)C(=O)C32)ccc1OCC(C)C. The quantitative estimate of drug-likeness (QED) is 0.268. The molecule has 0 radical (unpaired) electrons. The van der Waals surface area contributed by atoms with E-state index < -0.39 is 33.8 Å². The van der Waals surface area contributed by atoms with Gasteiger partial charge in [0, 0.05) is 22.9 Å². The lowest BCUT2D eigenvalue weighted by Crippen LogP contribution is -2.32. The van der Waals surface area contributed by atoms with Gasteiger partial charge in [-0.25, -0.2) is 4.90 Å². The van der Waals surface area contributed by atoms with Gasteiger partial charge in [-0.2, -0.15) is 0 Å². The van der Waals surface area contributed by atoms with Gasteiger partial charge in [0.25, 0.3) is 5.69 Å². The minimum Gasteiger partial charge on any atom is -0.493 e. The summed E-state index contributed by atoms with van der Waals surface area (Å²) < 4.78 is 11.4. The van der Waals surface area contributed by atoms with Crippen molar-refractivity contribution in [2.75, 3.05) is 18.6 Å². The minimum absolute atomic E-state index is 0.140. The van der Waals surface area contributed by atoms with Crippen LogP contribution in [0.3, 0.4) is 0 Å². The molecule has 0 spiro atoms. The lowest BCUT2D eigenvalue weighted by atomic mass is 9.83. The van der Waals surface area contributed by atoms with Crippen LogP contribution in [0, 0.1) is 22.0 Å². The number of thioether (sulfide) groups is 1. The first-order valence-corrected chi connectivity index (χ1v) is 13.2. The summed E-state index contributed by atoms with van der Waals surface area (Å²) in [6, 6.07) is 10.7. The number of imide groups is 1. The molecular weight excluding hydrogens is 518 g/mol. The molecule has 1 fully saturated rings. The average Bonchev–Trinajstić information content (AvgIpc) is 3.36. The van der Waals surface area contributed by atoms with Gasteiger partial charge in [-0.3, -0.25) is 24.5 Å². The topological polar surface area (TPSA) is 132 Å². The number of ether oxygens (including phenoxy) is 2. The predicted octanol–water partition coefficient (Wildman–Crippen LogP) is 4.18. The number of hydrogen-bond acceptors (Lipinski definition) is 9. The van der Waals surface area contributed by atoms with Crippen molar-refractivity contribution in [1.82, 2.24) is 4.98 Å². The van der Waals surface area contributed by atoms with E-state index in [0.717, 1.165) is 16.2 Å². The van der Waals surface area contributed by atoms with E-state index >= 15 is 0 Å². The van der Waals surface area contributed by atoms with Crippen molar-refractivity contribution in [3.05, 3.63) is 72.7 Å². The van der Waals surface area contributed by atoms with Gasteiger partial charge in [0.15, 0.2) is 11.5 Å². The number of nitro benzene ring substituents is 1. The molecule has 10 nitrogen and oxygen atoms in total. The van der Waals surface area contributed by atoms with Crippen molar-refractivity contribution in [2.24, 2.45) is 11.8 Å². The van der Waals surface area contributed by atoms with E-state index in [9.17, 15) is 24.5 Å². The van der Waals surface area contributed by atoms with Gasteiger partial charge in [0.2, 0.25) is 11.8 Å². The summed E-state index contributed by atoms with van der Waals surface area (Å²) in [5, 5.41) is 10.8. The standard InChI is InChI=1S/C25H23N3O7S2/c1-12(2)11-35-16-9-4-13(10-17(16)34-3)18-19-21(36-22-20(18)37-25(31)26-22)24(30)27(23(19)29)14-5-7-15(8-6-14)28(32)33/h4-10,12,18-19,21H,11H2,1-3H3,(H,26,31). The highest BCUT2D eigenvalue weighted by Gasteiger charge is 2.56. The molecule has 5 rings (SSSR count). The molecule has 3 heterocycles. The van der Waals surface area contributed by atoms with Crippen LogP contribution in [-0.2, 0) is 9.59 Å². The van der Waals surface area contributed by atoms with Crippen molar-refractivity contribution >= 4 is 46.3 Å². The second-order valence-electron chi connectivity index (χ2n) is 9.15. The monoisotopic (exact) mass is 541 g/mol. The van der Waals surface area contributed by atoms with Crippen LogP contribution in [0.1, 0.15) is 30.2 Å². The first-order valence-electron chi connectivity index (χ1n) is 11.5. The number of nitro groups is 1. The fourth-order valence-corrected chi connectivity index (χ4v) is 7.12. The molecule has 1 saturated heterocycles. The molecule has 12 heteroatoms. The molecule has 2 aliphatic rings. The Morgan fingerprint density at radius 2 is 1.81 bits per heavy atom. The molecule has 2 aromatic carbocycles. The number of benzene rings is 2. The molecule has 3 aromatic rings. The summed E-state index contributed by atoms with van der Waals surface area (Å²) in [6.45, 7) is 4.58. The Kier molecular flexibility index (Phi) is 6.54. The van der Waals surface area contributed by atoms with Crippen molar-refractivity contribution in [3.8, 4) is 11.5 Å². The highest BCUT2D eigenvalue weighted by atomic mass is 32.2. The number of H-pyrrole nitrogens is 1. The highest BCUT2D eigenvalue weighted by molar-refractivity contribution is 8.00. The molecule has 2 aliphatic heterocycles. The van der Waals surface area contributed by atoms with E-state index in [2.05, 4.69) is 4.98 Å². The number of thiazole rings is 1. The number of carbonyl (C=O) groups excluding carboxylic acids is 2. The second kappa shape index (κ2) is 9.67. The number of anilines is 1. The zero-order valence-corrected chi connectivity index (χ0v) is 21.8. The Morgan fingerprint density at radius 3 is 2.46 bits per heavy atom. The Bertz CT molecular complexity index is 1450. The van der Waals surface area contributed by atoms with Gasteiger partial charge >= 0.3 is 4.87 Å². The second-order valence-corrected chi connectivity index (χ2v) is 11.3. The summed E-state index contributed by atoms with van der Waals surface area (Å²) in [5.74, 6) is -0.844. The fraction of sp³-hybridized carbons (Fsp3) is 0.320. The number of carbonyl (C=O) groups is 2. The molecule has 0 saturated carbocycles. The summed E-state index contributed by atoms with van der Waals surface area (Å²) in [6.07, 6.45) is 0. The normalized spacial score (nSPS) is 20.6. The number of nitrogens with one attached hydrogen (secondary N) is 1. The van der Waals surface area contributed by atoms with E-state index in [-0.39, 0.29) is 16.2 Å². The number of fused-ring (bicyclic) bond motifs is 2. The van der Waals surface area contributed by atoms with Crippen molar-refractivity contribution in [1.29, 1.82) is 0 Å². The van der Waals surface area contributed by atoms with Gasteiger partial charge in [-0.1, -0.05) is 43.0 Å². The van der Waals surface area contributed by atoms with Crippen molar-refractivity contribution < 1.29 is 24.0 Å². The Balaban J connectivity index is 1.57. The maximum absolute atomic E-state index is 13.8. The number of hydrogen-bond donors (Lipinski definition) is 1. The molecule has 1 N–H and O–H groups in total. The third-order valence-electron chi connectivity index (χ3n) is 6.26. The third-order valence-corrected chi connectivity index (χ3v) is 8.66. The Hall–Kier alpha value is -3.64. The first-order chi connectivity index (χ1) is 17.7. The molecule has 37 heavy (non-hydrogen) atoms. The largest absolute Gasteiger partial charge is 0.493 e. The van der Waals surface area contributed by atoms with E-state index in [1.807, 2.05) is 19.9 Å². The average molecular weight is 542 g/mol. The van der Waals surface area contributed by atoms with Crippen LogP contribution >= 0.6 is 23.1 Å². The number of methoxy groups -OCH3 is 1. The van der Waals surface area contributed by atoms with Gasteiger partial charge in [-0.15, -0.1) is 0 Å². The molecular formula is C25H23N3O7S2. The zero-order chi connectivity index (χ0) is 26.4. The molecule has 0 aliphatic carbocycles. The van der Waals surface area contributed by atoms with E-state index in [1.54, 1.807) is 12.1 Å². The van der Waals surface area contributed by atoms with Crippen LogP contribution in [0.4, 0.5) is 11.4 Å². The Labute approximate surface area is 219 Å². The van der Waals surface area contributed by atoms with E-state index in [4.69, 9.17) is 9.47 Å². The number of aromatic amines is 1. The van der Waals surface area contributed by atoms with Crippen LogP contribution in [-0.4, -0.2) is 40.7 Å². The summed E-state index contributed by atoms with van der Waals surface area (Å²) >= 11 is 2.19. The van der Waals surface area contributed by atoms with Crippen molar-refractivity contribution in [3.63, 3.8) is 0 Å². The lowest BCUT2D eigenvalue weighted by molar-refractivity contribution is -0.384. The van der Waals surface area contributed by atoms with Crippen LogP contribution in [0.25, 0.3) is 0 Å². The summed E-state index contributed by atoms with van der Waals surface area (Å²) in [5.41, 5.74) is 0.840. The van der Waals surface area contributed by atoms with E-state index in [0.29, 0.717) is 39.5 Å². The molecule has 3 atom stereocenters. The van der Waals surface area contributed by atoms with Gasteiger partial charge < -0.3 is 14.5 Å².